The third kappa shape index (κ3) is 3.08. The molecule has 1 aromatic rings. The second-order valence-electron chi connectivity index (χ2n) is 5.39. The van der Waals surface area contributed by atoms with Crippen LogP contribution in [0.15, 0.2) is 18.2 Å². The van der Waals surface area contributed by atoms with E-state index in [1.807, 2.05) is 0 Å². The van der Waals surface area contributed by atoms with Crippen LogP contribution >= 0.6 is 11.6 Å². The molecule has 0 aromatic heterocycles. The second-order valence-corrected chi connectivity index (χ2v) is 5.77. The van der Waals surface area contributed by atoms with Crippen molar-refractivity contribution in [2.45, 2.75) is 44.9 Å². The van der Waals surface area contributed by atoms with Gasteiger partial charge in [-0.2, -0.15) is 0 Å². The van der Waals surface area contributed by atoms with E-state index in [4.69, 9.17) is 11.6 Å². The molecule has 0 spiro atoms. The molecule has 19 heavy (non-hydrogen) atoms. The van der Waals surface area contributed by atoms with E-state index in [0.29, 0.717) is 24.8 Å². The molecule has 1 aliphatic rings. The molecule has 104 valence electrons. The molecule has 0 atom stereocenters. The minimum Gasteiger partial charge on any atom is -0.481 e. The Morgan fingerprint density at radius 2 is 1.89 bits per heavy atom. The summed E-state index contributed by atoms with van der Waals surface area (Å²) in [5.74, 6) is -1.26. The normalized spacial score (nSPS) is 18.8. The Morgan fingerprint density at radius 1 is 1.26 bits per heavy atom. The molecule has 1 N–H and O–H groups in total. The lowest BCUT2D eigenvalue weighted by atomic mass is 9.75. The lowest BCUT2D eigenvalue weighted by Gasteiger charge is -2.28. The fourth-order valence-corrected chi connectivity index (χ4v) is 3.11. The van der Waals surface area contributed by atoms with E-state index in [1.54, 1.807) is 12.1 Å². The molecule has 0 radical (unpaired) electrons. The number of carboxylic acids is 1. The van der Waals surface area contributed by atoms with E-state index in [0.717, 1.165) is 25.7 Å². The van der Waals surface area contributed by atoms with E-state index in [2.05, 4.69) is 0 Å². The molecule has 0 unspecified atom stereocenters. The first-order chi connectivity index (χ1) is 9.05. The first-order valence-corrected chi connectivity index (χ1v) is 7.09. The van der Waals surface area contributed by atoms with Crippen LogP contribution in [0.5, 0.6) is 0 Å². The fraction of sp³-hybridized carbons (Fsp3) is 0.533. The van der Waals surface area contributed by atoms with Crippen molar-refractivity contribution in [1.82, 2.24) is 0 Å². The monoisotopic (exact) mass is 284 g/mol. The van der Waals surface area contributed by atoms with Crippen LogP contribution in [0, 0.1) is 11.2 Å². The average molecular weight is 285 g/mol. The van der Waals surface area contributed by atoms with Gasteiger partial charge in [-0.3, -0.25) is 4.79 Å². The van der Waals surface area contributed by atoms with Crippen LogP contribution in [0.4, 0.5) is 4.39 Å². The van der Waals surface area contributed by atoms with Crippen molar-refractivity contribution < 1.29 is 14.3 Å². The Hall–Kier alpha value is -1.09. The average Bonchev–Trinajstić information content (AvgIpc) is 2.62. The zero-order chi connectivity index (χ0) is 13.9. The summed E-state index contributed by atoms with van der Waals surface area (Å²) in [5, 5.41) is 9.66. The molecule has 0 heterocycles. The highest BCUT2D eigenvalue weighted by Gasteiger charge is 2.39. The summed E-state index contributed by atoms with van der Waals surface area (Å²) in [6, 6.07) is 4.61. The zero-order valence-corrected chi connectivity index (χ0v) is 11.5. The predicted octanol–water partition coefficient (Wildman–Crippen LogP) is 4.45. The molecule has 0 aliphatic heterocycles. The van der Waals surface area contributed by atoms with E-state index >= 15 is 0 Å². The van der Waals surface area contributed by atoms with Gasteiger partial charge in [-0.05, 0) is 30.9 Å². The number of carboxylic acid groups (broad SMARTS) is 1. The molecule has 1 saturated carbocycles. The van der Waals surface area contributed by atoms with Gasteiger partial charge >= 0.3 is 5.97 Å². The van der Waals surface area contributed by atoms with Gasteiger partial charge in [-0.25, -0.2) is 4.39 Å². The lowest BCUT2D eigenvalue weighted by Crippen LogP contribution is -2.33. The van der Waals surface area contributed by atoms with E-state index in [1.165, 1.54) is 6.07 Å². The van der Waals surface area contributed by atoms with Crippen LogP contribution in [0.2, 0.25) is 5.02 Å². The highest BCUT2D eigenvalue weighted by atomic mass is 35.5. The number of aliphatic carboxylic acids is 1. The topological polar surface area (TPSA) is 37.3 Å². The third-order valence-corrected chi connectivity index (χ3v) is 4.50. The number of benzene rings is 1. The van der Waals surface area contributed by atoms with Crippen molar-refractivity contribution >= 4 is 17.6 Å². The largest absolute Gasteiger partial charge is 0.481 e. The summed E-state index contributed by atoms with van der Waals surface area (Å²) < 4.78 is 13.5. The van der Waals surface area contributed by atoms with Crippen LogP contribution in [-0.4, -0.2) is 11.1 Å². The Kier molecular flexibility index (Phi) is 4.46. The smallest absolute Gasteiger partial charge is 0.309 e. The van der Waals surface area contributed by atoms with E-state index in [-0.39, 0.29) is 5.02 Å². The molecule has 0 bridgehead atoms. The van der Waals surface area contributed by atoms with Crippen LogP contribution < -0.4 is 0 Å². The fourth-order valence-electron chi connectivity index (χ4n) is 2.92. The highest BCUT2D eigenvalue weighted by molar-refractivity contribution is 6.31. The molecule has 1 aliphatic carbocycles. The number of hydrogen-bond donors (Lipinski definition) is 1. The predicted molar refractivity (Wildman–Crippen MR) is 72.9 cm³/mol. The molecule has 0 amide bonds. The molecule has 0 saturated heterocycles. The Labute approximate surface area is 117 Å². The van der Waals surface area contributed by atoms with Crippen molar-refractivity contribution in [3.05, 3.63) is 34.6 Å². The van der Waals surface area contributed by atoms with Gasteiger partial charge in [-0.15, -0.1) is 0 Å². The molecule has 2 nitrogen and oxygen atoms in total. The van der Waals surface area contributed by atoms with E-state index in [9.17, 15) is 14.3 Å². The molecule has 1 fully saturated rings. The first kappa shape index (κ1) is 14.3. The van der Waals surface area contributed by atoms with Gasteiger partial charge in [-0.1, -0.05) is 49.4 Å². The number of halogens is 2. The van der Waals surface area contributed by atoms with Crippen LogP contribution in [0.25, 0.3) is 0 Å². The van der Waals surface area contributed by atoms with Gasteiger partial charge in [0, 0.05) is 0 Å². The van der Waals surface area contributed by atoms with Gasteiger partial charge in [0.2, 0.25) is 0 Å². The minimum absolute atomic E-state index is 0.0624. The van der Waals surface area contributed by atoms with Gasteiger partial charge in [0.1, 0.15) is 5.82 Å². The maximum Gasteiger partial charge on any atom is 0.309 e. The Morgan fingerprint density at radius 3 is 2.47 bits per heavy atom. The Balaban J connectivity index is 2.30. The zero-order valence-electron chi connectivity index (χ0n) is 10.8. The van der Waals surface area contributed by atoms with Gasteiger partial charge in [0.05, 0.1) is 10.4 Å². The lowest BCUT2D eigenvalue weighted by molar-refractivity contribution is -0.149. The molecule has 1 aromatic carbocycles. The van der Waals surface area contributed by atoms with Crippen LogP contribution in [0.3, 0.4) is 0 Å². The second kappa shape index (κ2) is 5.91. The van der Waals surface area contributed by atoms with Crippen molar-refractivity contribution in [1.29, 1.82) is 0 Å². The maximum atomic E-state index is 13.5. The van der Waals surface area contributed by atoms with Gasteiger partial charge in [0.25, 0.3) is 0 Å². The van der Waals surface area contributed by atoms with Crippen LogP contribution in [-0.2, 0) is 11.2 Å². The highest BCUT2D eigenvalue weighted by Crippen LogP contribution is 2.40. The third-order valence-electron chi connectivity index (χ3n) is 4.07. The summed E-state index contributed by atoms with van der Waals surface area (Å²) in [6.07, 6.45) is 5.60. The molecular weight excluding hydrogens is 267 g/mol. The minimum atomic E-state index is -0.784. The van der Waals surface area contributed by atoms with E-state index < -0.39 is 17.2 Å². The van der Waals surface area contributed by atoms with Crippen molar-refractivity contribution in [2.24, 2.45) is 5.41 Å². The van der Waals surface area contributed by atoms with Crippen LogP contribution in [0.1, 0.15) is 44.1 Å². The standard InChI is InChI=1S/C15H18ClFO2/c16-13-11(6-5-7-12(13)17)10-15(14(18)19)8-3-1-2-4-9-15/h5-7H,1-4,8-10H2,(H,18,19). The first-order valence-electron chi connectivity index (χ1n) is 6.71. The van der Waals surface area contributed by atoms with Crippen molar-refractivity contribution in [2.75, 3.05) is 0 Å². The Bertz CT molecular complexity index is 465. The summed E-state index contributed by atoms with van der Waals surface area (Å²) in [7, 11) is 0. The maximum absolute atomic E-state index is 13.5. The number of hydrogen-bond acceptors (Lipinski definition) is 1. The van der Waals surface area contributed by atoms with Crippen molar-refractivity contribution in [3.8, 4) is 0 Å². The summed E-state index contributed by atoms with van der Waals surface area (Å²) in [4.78, 5) is 11.7. The SMILES string of the molecule is O=C(O)C1(Cc2cccc(F)c2Cl)CCCCCC1. The summed E-state index contributed by atoms with van der Waals surface area (Å²) in [6.45, 7) is 0. The number of rotatable bonds is 3. The molecule has 2 rings (SSSR count). The number of carbonyl (C=O) groups is 1. The van der Waals surface area contributed by atoms with Gasteiger partial charge < -0.3 is 5.11 Å². The van der Waals surface area contributed by atoms with Gasteiger partial charge in [0.15, 0.2) is 0 Å². The molecular formula is C15H18ClFO2. The summed E-state index contributed by atoms with van der Waals surface area (Å²) >= 11 is 5.95. The molecule has 4 heteroatoms. The van der Waals surface area contributed by atoms with Crippen molar-refractivity contribution in [3.63, 3.8) is 0 Å². The quantitative estimate of drug-likeness (QED) is 0.833. The summed E-state index contributed by atoms with van der Waals surface area (Å²) in [5.41, 5.74) is -0.181.